The summed E-state index contributed by atoms with van der Waals surface area (Å²) in [6.07, 6.45) is 4.12. The van der Waals surface area contributed by atoms with Gasteiger partial charge >= 0.3 is 12.1 Å². The second-order valence-electron chi connectivity index (χ2n) is 11.0. The van der Waals surface area contributed by atoms with Crippen molar-refractivity contribution < 1.29 is 28.8 Å². The van der Waals surface area contributed by atoms with Gasteiger partial charge in [-0.25, -0.2) is 9.59 Å². The second kappa shape index (κ2) is 10.8. The first-order valence-electron chi connectivity index (χ1n) is 13.9. The molecule has 1 saturated carbocycles. The Morgan fingerprint density at radius 3 is 2.28 bits per heavy atom. The minimum absolute atomic E-state index is 0.00683. The maximum Gasteiger partial charge on any atom is 0.407 e. The Balaban J connectivity index is 1.15. The van der Waals surface area contributed by atoms with Crippen LogP contribution >= 0.6 is 0 Å². The molecule has 204 valence electrons. The zero-order valence-electron chi connectivity index (χ0n) is 21.8. The number of hydrogen-bond acceptors (Lipinski definition) is 7. The lowest BCUT2D eigenvalue weighted by Gasteiger charge is -2.30. The van der Waals surface area contributed by atoms with E-state index < -0.39 is 29.9 Å². The Hall–Kier alpha value is -3.72. The Kier molecular flexibility index (Phi) is 7.08. The minimum Gasteiger partial charge on any atom is -0.449 e. The molecule has 4 atom stereocenters. The van der Waals surface area contributed by atoms with Crippen LogP contribution in [0.5, 0.6) is 0 Å². The van der Waals surface area contributed by atoms with Crippen LogP contribution in [-0.2, 0) is 24.0 Å². The highest BCUT2D eigenvalue weighted by atomic mass is 16.7. The van der Waals surface area contributed by atoms with Crippen LogP contribution in [0.1, 0.15) is 62.0 Å². The highest BCUT2D eigenvalue weighted by Crippen LogP contribution is 2.44. The molecule has 9 heteroatoms. The summed E-state index contributed by atoms with van der Waals surface area (Å²) in [5.74, 6) is -1.48. The number of hydroxylamine groups is 2. The van der Waals surface area contributed by atoms with Crippen LogP contribution in [0, 0.1) is 11.8 Å². The predicted molar refractivity (Wildman–Crippen MR) is 141 cm³/mol. The number of amides is 3. The van der Waals surface area contributed by atoms with Crippen molar-refractivity contribution in [2.24, 2.45) is 11.8 Å². The van der Waals surface area contributed by atoms with E-state index >= 15 is 0 Å². The summed E-state index contributed by atoms with van der Waals surface area (Å²) in [6, 6.07) is 15.5. The van der Waals surface area contributed by atoms with E-state index in [1.165, 1.54) is 6.42 Å². The molecule has 2 aromatic carbocycles. The zero-order valence-corrected chi connectivity index (χ0v) is 21.8. The van der Waals surface area contributed by atoms with Gasteiger partial charge in [-0.2, -0.15) is 0 Å². The maximum absolute atomic E-state index is 13.2. The molecule has 6 rings (SSSR count). The summed E-state index contributed by atoms with van der Waals surface area (Å²) in [5, 5.41) is 6.79. The van der Waals surface area contributed by atoms with Crippen LogP contribution in [-0.4, -0.2) is 54.2 Å². The van der Waals surface area contributed by atoms with E-state index in [1.54, 1.807) is 0 Å². The first-order valence-corrected chi connectivity index (χ1v) is 13.9. The molecular formula is C30H33N3O6. The fraction of sp³-hybridized carbons (Fsp3) is 0.467. The SMILES string of the molecule is O=C(NC(CC1CNC2CCCCC12)C(=O)ON1C(=O)CCC1=O)OCC1c2ccccc2-c2ccccc21. The maximum atomic E-state index is 13.2. The average molecular weight is 532 g/mol. The number of fused-ring (bicyclic) bond motifs is 4. The molecule has 4 aliphatic rings. The van der Waals surface area contributed by atoms with Gasteiger partial charge in [0.25, 0.3) is 11.8 Å². The Labute approximate surface area is 227 Å². The Bertz CT molecular complexity index is 1230. The van der Waals surface area contributed by atoms with E-state index in [-0.39, 0.29) is 31.3 Å². The number of rotatable bonds is 7. The highest BCUT2D eigenvalue weighted by Gasteiger charge is 2.42. The lowest BCUT2D eigenvalue weighted by Crippen LogP contribution is -2.47. The van der Waals surface area contributed by atoms with Crippen molar-refractivity contribution in [1.29, 1.82) is 0 Å². The first-order chi connectivity index (χ1) is 19.0. The number of imide groups is 1. The lowest BCUT2D eigenvalue weighted by molar-refractivity contribution is -0.199. The molecule has 2 saturated heterocycles. The largest absolute Gasteiger partial charge is 0.449 e. The molecule has 3 fully saturated rings. The van der Waals surface area contributed by atoms with Gasteiger partial charge in [0, 0.05) is 24.8 Å². The molecule has 0 radical (unpaired) electrons. The van der Waals surface area contributed by atoms with Gasteiger partial charge in [0.15, 0.2) is 0 Å². The van der Waals surface area contributed by atoms with Crippen molar-refractivity contribution in [1.82, 2.24) is 15.7 Å². The summed E-state index contributed by atoms with van der Waals surface area (Å²) in [4.78, 5) is 55.6. The molecule has 39 heavy (non-hydrogen) atoms. The topological polar surface area (TPSA) is 114 Å². The molecule has 2 aromatic rings. The van der Waals surface area contributed by atoms with Gasteiger partial charge in [-0.15, -0.1) is 5.06 Å². The van der Waals surface area contributed by atoms with Crippen LogP contribution in [0.15, 0.2) is 48.5 Å². The zero-order chi connectivity index (χ0) is 26.9. The van der Waals surface area contributed by atoms with Gasteiger partial charge in [-0.05, 0) is 59.9 Å². The van der Waals surface area contributed by atoms with Gasteiger partial charge in [0.05, 0.1) is 0 Å². The highest BCUT2D eigenvalue weighted by molar-refractivity contribution is 6.01. The summed E-state index contributed by atoms with van der Waals surface area (Å²) < 4.78 is 5.68. The number of benzene rings is 2. The van der Waals surface area contributed by atoms with Gasteiger partial charge in [0.2, 0.25) is 0 Å². The van der Waals surface area contributed by atoms with Crippen molar-refractivity contribution in [3.05, 3.63) is 59.7 Å². The summed E-state index contributed by atoms with van der Waals surface area (Å²) in [5.41, 5.74) is 4.43. The fourth-order valence-corrected chi connectivity index (χ4v) is 6.80. The molecule has 4 unspecified atom stereocenters. The van der Waals surface area contributed by atoms with Crippen LogP contribution in [0.2, 0.25) is 0 Å². The van der Waals surface area contributed by atoms with Gasteiger partial charge in [-0.1, -0.05) is 61.4 Å². The van der Waals surface area contributed by atoms with E-state index in [0.717, 1.165) is 48.1 Å². The van der Waals surface area contributed by atoms with E-state index in [0.29, 0.717) is 23.4 Å². The fourth-order valence-electron chi connectivity index (χ4n) is 6.80. The van der Waals surface area contributed by atoms with Crippen molar-refractivity contribution in [2.45, 2.75) is 62.9 Å². The third kappa shape index (κ3) is 5.03. The molecular weight excluding hydrogens is 498 g/mol. The number of ether oxygens (including phenoxy) is 1. The molecule has 0 aromatic heterocycles. The number of nitrogens with one attached hydrogen (secondary N) is 2. The monoisotopic (exact) mass is 531 g/mol. The standard InChI is InChI=1S/C30H33N3O6/c34-27-13-14-28(35)33(27)39-29(36)26(15-18-16-31-25-12-6-5-7-19(18)25)32-30(37)38-17-24-22-10-3-1-8-20(22)21-9-2-4-11-23(21)24/h1-4,8-11,18-19,24-26,31H,5-7,12-17H2,(H,32,37). The van der Waals surface area contributed by atoms with Crippen LogP contribution < -0.4 is 10.6 Å². The van der Waals surface area contributed by atoms with Gasteiger partial charge in [0.1, 0.15) is 12.6 Å². The molecule has 2 N–H and O–H groups in total. The van der Waals surface area contributed by atoms with E-state index in [1.807, 2.05) is 36.4 Å². The average Bonchev–Trinajstić information content (AvgIpc) is 3.61. The van der Waals surface area contributed by atoms with Gasteiger partial charge < -0.3 is 20.2 Å². The molecule has 2 heterocycles. The van der Waals surface area contributed by atoms with Crippen molar-refractivity contribution in [3.63, 3.8) is 0 Å². The van der Waals surface area contributed by atoms with Crippen LogP contribution in [0.25, 0.3) is 11.1 Å². The number of carbonyl (C=O) groups is 4. The van der Waals surface area contributed by atoms with Crippen molar-refractivity contribution >= 4 is 23.9 Å². The number of nitrogens with zero attached hydrogens (tertiary/aromatic N) is 1. The molecule has 0 spiro atoms. The third-order valence-electron chi connectivity index (χ3n) is 8.71. The van der Waals surface area contributed by atoms with E-state index in [2.05, 4.69) is 22.8 Å². The van der Waals surface area contributed by atoms with Gasteiger partial charge in [-0.3, -0.25) is 9.59 Å². The Morgan fingerprint density at radius 1 is 0.949 bits per heavy atom. The van der Waals surface area contributed by atoms with E-state index in [4.69, 9.17) is 9.57 Å². The summed E-state index contributed by atoms with van der Waals surface area (Å²) >= 11 is 0. The number of alkyl carbamates (subject to hydrolysis) is 1. The second-order valence-corrected chi connectivity index (χ2v) is 11.0. The van der Waals surface area contributed by atoms with Crippen molar-refractivity contribution in [3.8, 4) is 11.1 Å². The molecule has 3 amide bonds. The number of carbonyl (C=O) groups excluding carboxylic acids is 4. The molecule has 2 aliphatic carbocycles. The normalized spacial score (nSPS) is 24.6. The lowest BCUT2D eigenvalue weighted by atomic mass is 9.77. The molecule has 2 aliphatic heterocycles. The molecule has 9 nitrogen and oxygen atoms in total. The first kappa shape index (κ1) is 25.6. The van der Waals surface area contributed by atoms with E-state index in [9.17, 15) is 19.2 Å². The summed E-state index contributed by atoms with van der Waals surface area (Å²) in [6.45, 7) is 0.855. The van der Waals surface area contributed by atoms with Crippen molar-refractivity contribution in [2.75, 3.05) is 13.2 Å². The van der Waals surface area contributed by atoms with Crippen LogP contribution in [0.3, 0.4) is 0 Å². The molecule has 0 bridgehead atoms. The Morgan fingerprint density at radius 2 is 1.59 bits per heavy atom. The summed E-state index contributed by atoms with van der Waals surface area (Å²) in [7, 11) is 0. The quantitative estimate of drug-likeness (QED) is 0.524. The predicted octanol–water partition coefficient (Wildman–Crippen LogP) is 3.67. The third-order valence-corrected chi connectivity index (χ3v) is 8.71. The van der Waals surface area contributed by atoms with Crippen LogP contribution in [0.4, 0.5) is 4.79 Å². The smallest absolute Gasteiger partial charge is 0.407 e. The number of hydrogen-bond donors (Lipinski definition) is 2. The minimum atomic E-state index is -1.05.